The highest BCUT2D eigenvalue weighted by atomic mass is 19.1. The van der Waals surface area contributed by atoms with E-state index in [9.17, 15) is 9.18 Å². The van der Waals surface area contributed by atoms with Crippen molar-refractivity contribution < 1.29 is 19.0 Å². The van der Waals surface area contributed by atoms with Gasteiger partial charge in [-0.05, 0) is 89.5 Å². The highest BCUT2D eigenvalue weighted by Gasteiger charge is 2.11. The number of nitrogens with one attached hydrogen (secondary N) is 1. The molecule has 0 aliphatic rings. The molecule has 0 amide bonds. The van der Waals surface area contributed by atoms with Gasteiger partial charge in [0.25, 0.3) is 0 Å². The van der Waals surface area contributed by atoms with Crippen LogP contribution in [0, 0.1) is 19.7 Å². The number of ether oxygens (including phenoxy) is 1. The van der Waals surface area contributed by atoms with Crippen molar-refractivity contribution in [3.05, 3.63) is 119 Å². The van der Waals surface area contributed by atoms with Gasteiger partial charge < -0.3 is 15.2 Å². The third-order valence-electron chi connectivity index (χ3n) is 6.14. The second kappa shape index (κ2) is 11.5. The summed E-state index contributed by atoms with van der Waals surface area (Å²) in [4.78, 5) is 10.8. The molecule has 0 aliphatic carbocycles. The van der Waals surface area contributed by atoms with E-state index in [1.807, 2.05) is 36.4 Å². The highest BCUT2D eigenvalue weighted by molar-refractivity contribution is 5.72. The molecular weight excluding hydrogens is 453 g/mol. The van der Waals surface area contributed by atoms with Crippen molar-refractivity contribution in [2.24, 2.45) is 0 Å². The summed E-state index contributed by atoms with van der Waals surface area (Å²) < 4.78 is 20.6. The largest absolute Gasteiger partial charge is 0.489 e. The van der Waals surface area contributed by atoms with Crippen molar-refractivity contribution in [2.75, 3.05) is 5.32 Å². The number of halogens is 1. The molecule has 5 heteroatoms. The Kier molecular flexibility index (Phi) is 8.01. The van der Waals surface area contributed by atoms with E-state index >= 15 is 0 Å². The Morgan fingerprint density at radius 2 is 1.64 bits per heavy atom. The Labute approximate surface area is 211 Å². The lowest BCUT2D eigenvalue weighted by Crippen LogP contribution is -2.04. The van der Waals surface area contributed by atoms with Crippen LogP contribution in [0.15, 0.2) is 84.9 Å². The number of anilines is 1. The van der Waals surface area contributed by atoms with E-state index in [-0.39, 0.29) is 12.8 Å². The van der Waals surface area contributed by atoms with E-state index in [1.165, 1.54) is 22.8 Å². The number of carboxylic acid groups (broad SMARTS) is 1. The summed E-state index contributed by atoms with van der Waals surface area (Å²) in [6, 6.07) is 27.3. The summed E-state index contributed by atoms with van der Waals surface area (Å²) in [5.41, 5.74) is 7.76. The first-order valence-corrected chi connectivity index (χ1v) is 12.0. The second-order valence-electron chi connectivity index (χ2n) is 8.96. The number of aliphatic carboxylic acids is 1. The minimum Gasteiger partial charge on any atom is -0.489 e. The van der Waals surface area contributed by atoms with Crippen molar-refractivity contribution in [1.29, 1.82) is 0 Å². The van der Waals surface area contributed by atoms with Crippen LogP contribution in [0.2, 0.25) is 0 Å². The predicted molar refractivity (Wildman–Crippen MR) is 142 cm³/mol. The minimum atomic E-state index is -0.939. The molecule has 2 N–H and O–H groups in total. The summed E-state index contributed by atoms with van der Waals surface area (Å²) in [5, 5.41) is 12.1. The summed E-state index contributed by atoms with van der Waals surface area (Å²) in [5.74, 6) is -0.575. The normalized spacial score (nSPS) is 10.8. The zero-order valence-corrected chi connectivity index (χ0v) is 20.6. The van der Waals surface area contributed by atoms with E-state index in [4.69, 9.17) is 9.84 Å². The molecule has 0 bridgehead atoms. The average molecular weight is 484 g/mol. The smallest absolute Gasteiger partial charge is 0.303 e. The molecule has 4 aromatic carbocycles. The van der Waals surface area contributed by atoms with Crippen LogP contribution in [0.4, 0.5) is 10.1 Å². The highest BCUT2D eigenvalue weighted by Crippen LogP contribution is 2.32. The molecule has 0 saturated carbocycles. The van der Waals surface area contributed by atoms with E-state index in [0.717, 1.165) is 22.4 Å². The Hall–Kier alpha value is -4.12. The number of carboxylic acids is 1. The SMILES string of the molecule is Cc1cccc(C)c1-c1cc(CNc2ccc(CCC(=O)O)c(F)c2)cc(OCc2ccccc2)c1. The van der Waals surface area contributed by atoms with Gasteiger partial charge in [0, 0.05) is 18.7 Å². The summed E-state index contributed by atoms with van der Waals surface area (Å²) in [7, 11) is 0. The second-order valence-corrected chi connectivity index (χ2v) is 8.96. The first-order valence-electron chi connectivity index (χ1n) is 12.0. The standard InChI is InChI=1S/C31H30FNO3/c1-21-7-6-8-22(2)31(21)26-15-24(16-28(17-26)36-20-23-9-4-3-5-10-23)19-33-27-13-11-25(29(32)18-27)12-14-30(34)35/h3-11,13,15-18,33H,12,14,19-20H2,1-2H3,(H,34,35). The van der Waals surface area contributed by atoms with Gasteiger partial charge in [-0.1, -0.05) is 54.6 Å². The molecule has 4 nitrogen and oxygen atoms in total. The van der Waals surface area contributed by atoms with Gasteiger partial charge in [0.05, 0.1) is 0 Å². The molecule has 0 atom stereocenters. The van der Waals surface area contributed by atoms with E-state index in [2.05, 4.69) is 49.5 Å². The lowest BCUT2D eigenvalue weighted by atomic mass is 9.94. The van der Waals surface area contributed by atoms with Crippen LogP contribution in [-0.2, 0) is 24.4 Å². The number of hydrogen-bond donors (Lipinski definition) is 2. The molecular formula is C31H30FNO3. The molecule has 0 radical (unpaired) electrons. The Morgan fingerprint density at radius 1 is 0.889 bits per heavy atom. The molecule has 0 aromatic heterocycles. The Bertz CT molecular complexity index is 1330. The van der Waals surface area contributed by atoms with Gasteiger partial charge in [-0.25, -0.2) is 4.39 Å². The van der Waals surface area contributed by atoms with E-state index in [1.54, 1.807) is 12.1 Å². The molecule has 4 aromatic rings. The summed E-state index contributed by atoms with van der Waals surface area (Å²) >= 11 is 0. The minimum absolute atomic E-state index is 0.0967. The number of benzene rings is 4. The van der Waals surface area contributed by atoms with Gasteiger partial charge in [0.2, 0.25) is 0 Å². The molecule has 184 valence electrons. The van der Waals surface area contributed by atoms with Crippen molar-refractivity contribution in [2.45, 2.75) is 39.8 Å². The van der Waals surface area contributed by atoms with Crippen molar-refractivity contribution in [3.8, 4) is 16.9 Å². The molecule has 36 heavy (non-hydrogen) atoms. The number of aryl methyl sites for hydroxylation is 3. The maximum Gasteiger partial charge on any atom is 0.303 e. The number of carbonyl (C=O) groups is 1. The van der Waals surface area contributed by atoms with Gasteiger partial charge in [0.1, 0.15) is 18.2 Å². The van der Waals surface area contributed by atoms with Gasteiger partial charge in [0.15, 0.2) is 0 Å². The van der Waals surface area contributed by atoms with Gasteiger partial charge >= 0.3 is 5.97 Å². The van der Waals surface area contributed by atoms with Crippen LogP contribution in [0.25, 0.3) is 11.1 Å². The van der Waals surface area contributed by atoms with Crippen LogP contribution in [0.1, 0.15) is 34.2 Å². The van der Waals surface area contributed by atoms with Crippen molar-refractivity contribution in [3.63, 3.8) is 0 Å². The monoisotopic (exact) mass is 483 g/mol. The van der Waals surface area contributed by atoms with Gasteiger partial charge in [-0.3, -0.25) is 4.79 Å². The molecule has 0 aliphatic heterocycles. The first-order chi connectivity index (χ1) is 17.4. The lowest BCUT2D eigenvalue weighted by molar-refractivity contribution is -0.136. The summed E-state index contributed by atoms with van der Waals surface area (Å²) in [6.45, 7) is 5.15. The maximum atomic E-state index is 14.5. The van der Waals surface area contributed by atoms with Crippen LogP contribution in [0.5, 0.6) is 5.75 Å². The van der Waals surface area contributed by atoms with E-state index < -0.39 is 11.8 Å². The van der Waals surface area contributed by atoms with E-state index in [0.29, 0.717) is 24.4 Å². The van der Waals surface area contributed by atoms with Crippen molar-refractivity contribution >= 4 is 11.7 Å². The zero-order valence-electron chi connectivity index (χ0n) is 20.6. The van der Waals surface area contributed by atoms with Crippen LogP contribution in [-0.4, -0.2) is 11.1 Å². The molecule has 0 unspecified atom stereocenters. The summed E-state index contributed by atoms with van der Waals surface area (Å²) in [6.07, 6.45) is 0.0714. The molecule has 0 spiro atoms. The van der Waals surface area contributed by atoms with Crippen LogP contribution >= 0.6 is 0 Å². The topological polar surface area (TPSA) is 58.6 Å². The van der Waals surface area contributed by atoms with Gasteiger partial charge in [-0.15, -0.1) is 0 Å². The third kappa shape index (κ3) is 6.51. The Balaban J connectivity index is 1.57. The molecule has 0 heterocycles. The lowest BCUT2D eigenvalue weighted by Gasteiger charge is -2.16. The average Bonchev–Trinajstić information content (AvgIpc) is 2.86. The van der Waals surface area contributed by atoms with Crippen molar-refractivity contribution in [1.82, 2.24) is 0 Å². The Morgan fingerprint density at radius 3 is 2.33 bits per heavy atom. The number of rotatable bonds is 10. The fraction of sp³-hybridized carbons (Fsp3) is 0.194. The first kappa shape index (κ1) is 25.0. The predicted octanol–water partition coefficient (Wildman–Crippen LogP) is 7.32. The number of hydrogen-bond acceptors (Lipinski definition) is 3. The molecule has 4 rings (SSSR count). The van der Waals surface area contributed by atoms with Crippen LogP contribution in [0.3, 0.4) is 0 Å². The molecule has 0 fully saturated rings. The zero-order chi connectivity index (χ0) is 25.5. The maximum absolute atomic E-state index is 14.5. The van der Waals surface area contributed by atoms with Gasteiger partial charge in [-0.2, -0.15) is 0 Å². The molecule has 0 saturated heterocycles. The fourth-order valence-corrected chi connectivity index (χ4v) is 4.31. The quantitative estimate of drug-likeness (QED) is 0.248. The fourth-order valence-electron chi connectivity index (χ4n) is 4.31. The third-order valence-corrected chi connectivity index (χ3v) is 6.14. The van der Waals surface area contributed by atoms with Crippen LogP contribution < -0.4 is 10.1 Å².